The number of carbonyl (C=O) groups is 1. The van der Waals surface area contributed by atoms with Gasteiger partial charge < -0.3 is 10.1 Å². The highest BCUT2D eigenvalue weighted by molar-refractivity contribution is 7.13. The van der Waals surface area contributed by atoms with E-state index in [0.29, 0.717) is 18.1 Å². The van der Waals surface area contributed by atoms with Crippen molar-refractivity contribution in [3.05, 3.63) is 75.5 Å². The smallest absolute Gasteiger partial charge is 0.282 e. The number of ether oxygens (including phenoxy) is 1. The fraction of sp³-hybridized carbons (Fsp3) is 0.250. The van der Waals surface area contributed by atoms with Crippen molar-refractivity contribution in [2.24, 2.45) is 0 Å². The molecule has 1 amide bonds. The molecule has 0 bridgehead atoms. The van der Waals surface area contributed by atoms with Crippen molar-refractivity contribution >= 4 is 17.2 Å². The average Bonchev–Trinajstić information content (AvgIpc) is 3.16. The number of nitrogens with one attached hydrogen (secondary N) is 1. The van der Waals surface area contributed by atoms with E-state index in [4.69, 9.17) is 4.74 Å². The highest BCUT2D eigenvalue weighted by Gasteiger charge is 2.14. The van der Waals surface area contributed by atoms with Crippen LogP contribution in [0, 0.1) is 5.82 Å². The molecule has 0 radical (unpaired) electrons. The van der Waals surface area contributed by atoms with Crippen LogP contribution in [0.25, 0.3) is 0 Å². The van der Waals surface area contributed by atoms with Crippen LogP contribution in [-0.2, 0) is 19.6 Å². The Morgan fingerprint density at radius 1 is 1.07 bits per heavy atom. The van der Waals surface area contributed by atoms with Crippen LogP contribution in [0.2, 0.25) is 0 Å². The van der Waals surface area contributed by atoms with Gasteiger partial charge in [-0.2, -0.15) is 0 Å². The molecule has 28 heavy (non-hydrogen) atoms. The third-order valence-corrected chi connectivity index (χ3v) is 4.95. The van der Waals surface area contributed by atoms with Crippen LogP contribution in [0.3, 0.4) is 0 Å². The molecule has 0 aliphatic carbocycles. The second kappa shape index (κ2) is 9.38. The average molecular weight is 400 g/mol. The first-order valence-electron chi connectivity index (χ1n) is 8.70. The van der Waals surface area contributed by atoms with Crippen LogP contribution in [0.4, 0.5) is 4.39 Å². The van der Waals surface area contributed by atoms with Crippen LogP contribution in [-0.4, -0.2) is 35.2 Å². The molecule has 8 heteroatoms. The number of benzene rings is 2. The Hall–Kier alpha value is -2.84. The second-order valence-corrected chi connectivity index (χ2v) is 7.39. The largest absolute Gasteiger partial charge is 0.497 e. The van der Waals surface area contributed by atoms with Gasteiger partial charge in [-0.15, -0.1) is 10.2 Å². The zero-order valence-corrected chi connectivity index (χ0v) is 16.5. The summed E-state index contributed by atoms with van der Waals surface area (Å²) in [6.07, 6.45) is 0. The molecule has 0 saturated heterocycles. The summed E-state index contributed by atoms with van der Waals surface area (Å²) in [5, 5.41) is 11.9. The van der Waals surface area contributed by atoms with E-state index in [9.17, 15) is 9.18 Å². The van der Waals surface area contributed by atoms with E-state index in [2.05, 4.69) is 20.4 Å². The first kappa shape index (κ1) is 19.9. The van der Waals surface area contributed by atoms with Gasteiger partial charge in [0, 0.05) is 13.1 Å². The Morgan fingerprint density at radius 2 is 1.75 bits per heavy atom. The summed E-state index contributed by atoms with van der Waals surface area (Å²) in [6, 6.07) is 13.9. The minimum absolute atomic E-state index is 0.286. The normalized spacial score (nSPS) is 10.9. The molecule has 3 rings (SSSR count). The van der Waals surface area contributed by atoms with Crippen molar-refractivity contribution in [1.82, 2.24) is 20.4 Å². The van der Waals surface area contributed by atoms with Gasteiger partial charge in [0.25, 0.3) is 5.91 Å². The van der Waals surface area contributed by atoms with Gasteiger partial charge in [0.1, 0.15) is 16.6 Å². The maximum atomic E-state index is 12.9. The third kappa shape index (κ3) is 5.58. The van der Waals surface area contributed by atoms with E-state index in [0.717, 1.165) is 28.4 Å². The minimum atomic E-state index is -0.303. The number of amides is 1. The molecule has 6 nitrogen and oxygen atoms in total. The van der Waals surface area contributed by atoms with Crippen molar-refractivity contribution in [2.45, 2.75) is 19.6 Å². The lowest BCUT2D eigenvalue weighted by atomic mass is 10.2. The molecule has 0 unspecified atom stereocenters. The van der Waals surface area contributed by atoms with Gasteiger partial charge in [0.15, 0.2) is 0 Å². The van der Waals surface area contributed by atoms with Gasteiger partial charge in [-0.05, 0) is 42.4 Å². The topological polar surface area (TPSA) is 67.3 Å². The zero-order valence-electron chi connectivity index (χ0n) is 15.7. The van der Waals surface area contributed by atoms with Gasteiger partial charge in [0.2, 0.25) is 5.01 Å². The van der Waals surface area contributed by atoms with Crippen LogP contribution >= 0.6 is 11.3 Å². The van der Waals surface area contributed by atoms with Crippen LogP contribution in [0.15, 0.2) is 48.5 Å². The van der Waals surface area contributed by atoms with Crippen molar-refractivity contribution in [3.8, 4) is 5.75 Å². The van der Waals surface area contributed by atoms with Gasteiger partial charge >= 0.3 is 0 Å². The van der Waals surface area contributed by atoms with Gasteiger partial charge in [-0.25, -0.2) is 4.39 Å². The van der Waals surface area contributed by atoms with Crippen molar-refractivity contribution in [1.29, 1.82) is 0 Å². The number of hydrogen-bond acceptors (Lipinski definition) is 6. The molecule has 0 aliphatic heterocycles. The summed E-state index contributed by atoms with van der Waals surface area (Å²) in [5.41, 5.74) is 1.98. The Morgan fingerprint density at radius 3 is 2.43 bits per heavy atom. The molecule has 0 aliphatic rings. The van der Waals surface area contributed by atoms with Crippen molar-refractivity contribution in [3.63, 3.8) is 0 Å². The lowest BCUT2D eigenvalue weighted by molar-refractivity contribution is 0.0950. The van der Waals surface area contributed by atoms with Gasteiger partial charge in [0.05, 0.1) is 13.7 Å². The summed E-state index contributed by atoms with van der Waals surface area (Å²) < 4.78 is 18.1. The van der Waals surface area contributed by atoms with Gasteiger partial charge in [-0.3, -0.25) is 9.69 Å². The first-order chi connectivity index (χ1) is 13.5. The van der Waals surface area contributed by atoms with Crippen LogP contribution in [0.1, 0.15) is 25.9 Å². The zero-order chi connectivity index (χ0) is 19.9. The molecule has 2 aromatic carbocycles. The van der Waals surface area contributed by atoms with E-state index in [1.54, 1.807) is 19.2 Å². The van der Waals surface area contributed by atoms with Gasteiger partial charge in [-0.1, -0.05) is 35.6 Å². The molecular formula is C20H21FN4O2S. The fourth-order valence-corrected chi connectivity index (χ4v) is 3.44. The molecule has 1 heterocycles. The minimum Gasteiger partial charge on any atom is -0.497 e. The molecule has 1 N–H and O–H groups in total. The summed E-state index contributed by atoms with van der Waals surface area (Å²) >= 11 is 1.27. The highest BCUT2D eigenvalue weighted by atomic mass is 32.1. The van der Waals surface area contributed by atoms with E-state index >= 15 is 0 Å². The van der Waals surface area contributed by atoms with Crippen molar-refractivity contribution < 1.29 is 13.9 Å². The molecule has 0 spiro atoms. The molecule has 146 valence electrons. The lowest BCUT2D eigenvalue weighted by Crippen LogP contribution is -2.22. The summed E-state index contributed by atoms with van der Waals surface area (Å²) in [4.78, 5) is 14.3. The predicted octanol–water partition coefficient (Wildman–Crippen LogP) is 3.25. The maximum absolute atomic E-state index is 12.9. The van der Waals surface area contributed by atoms with Crippen molar-refractivity contribution in [2.75, 3.05) is 14.2 Å². The molecule has 0 saturated carbocycles. The molecule has 0 fully saturated rings. The van der Waals surface area contributed by atoms with Crippen LogP contribution < -0.4 is 10.1 Å². The Balaban J connectivity index is 1.50. The Kier molecular flexibility index (Phi) is 6.67. The second-order valence-electron chi connectivity index (χ2n) is 6.33. The number of halogens is 1. The molecular weight excluding hydrogens is 379 g/mol. The Labute approximate surface area is 167 Å². The molecule has 3 aromatic rings. The summed E-state index contributed by atoms with van der Waals surface area (Å²) in [5.74, 6) is 0.236. The maximum Gasteiger partial charge on any atom is 0.282 e. The molecule has 0 atom stereocenters. The number of carbonyl (C=O) groups excluding carboxylic acids is 1. The summed E-state index contributed by atoms with van der Waals surface area (Å²) in [7, 11) is 3.63. The first-order valence-corrected chi connectivity index (χ1v) is 9.51. The lowest BCUT2D eigenvalue weighted by Gasteiger charge is -2.14. The number of hydrogen-bond donors (Lipinski definition) is 1. The number of rotatable bonds is 8. The van der Waals surface area contributed by atoms with Crippen LogP contribution in [0.5, 0.6) is 5.75 Å². The SMILES string of the molecule is COc1ccc(CN(C)Cc2nnc(C(=O)NCc3ccc(F)cc3)s2)cc1. The third-order valence-electron chi connectivity index (χ3n) is 4.04. The number of aromatic nitrogens is 2. The monoisotopic (exact) mass is 400 g/mol. The predicted molar refractivity (Wildman–Crippen MR) is 106 cm³/mol. The van der Waals surface area contributed by atoms with E-state index < -0.39 is 0 Å². The van der Waals surface area contributed by atoms with E-state index in [-0.39, 0.29) is 11.7 Å². The number of methoxy groups -OCH3 is 1. The Bertz CT molecular complexity index is 913. The van der Waals surface area contributed by atoms with E-state index in [1.807, 2.05) is 31.3 Å². The number of nitrogens with zero attached hydrogens (tertiary/aromatic N) is 3. The summed E-state index contributed by atoms with van der Waals surface area (Å²) in [6.45, 7) is 1.65. The fourth-order valence-electron chi connectivity index (χ4n) is 2.60. The standard InChI is InChI=1S/C20H21FN4O2S/c1-25(12-15-5-9-17(27-2)10-6-15)13-18-23-24-20(28-18)19(26)22-11-14-3-7-16(21)8-4-14/h3-10H,11-13H2,1-2H3,(H,22,26). The highest BCUT2D eigenvalue weighted by Crippen LogP contribution is 2.16. The van der Waals surface area contributed by atoms with E-state index in [1.165, 1.54) is 23.5 Å². The molecule has 1 aromatic heterocycles. The quantitative estimate of drug-likeness (QED) is 0.629.